The summed E-state index contributed by atoms with van der Waals surface area (Å²) in [5.74, 6) is -0.350. The molecule has 0 saturated carbocycles. The standard InChI is InChI=1S/C20H16FN3O/c1-13(25)14-5-6-20-19(10-14)23-12-24(20)16-4-2-3-15(9-16)17-7-8-22-11-18(17)21/h2-13,25H,1H3/t13-/m1/s1. The molecule has 0 bridgehead atoms. The second-order valence-corrected chi connectivity index (χ2v) is 5.94. The molecule has 25 heavy (non-hydrogen) atoms. The number of aliphatic hydroxyl groups excluding tert-OH is 1. The molecule has 0 spiro atoms. The zero-order valence-corrected chi connectivity index (χ0v) is 13.6. The Kier molecular flexibility index (Phi) is 3.78. The van der Waals surface area contributed by atoms with E-state index in [1.165, 1.54) is 6.20 Å². The largest absolute Gasteiger partial charge is 0.389 e. The van der Waals surface area contributed by atoms with Gasteiger partial charge in [0.1, 0.15) is 12.1 Å². The number of pyridine rings is 1. The zero-order chi connectivity index (χ0) is 17.4. The molecule has 0 fully saturated rings. The topological polar surface area (TPSA) is 50.9 Å². The maximum absolute atomic E-state index is 14.0. The molecule has 0 aliphatic heterocycles. The fourth-order valence-corrected chi connectivity index (χ4v) is 2.93. The average Bonchev–Trinajstić information content (AvgIpc) is 3.05. The van der Waals surface area contributed by atoms with Crippen molar-refractivity contribution < 1.29 is 9.50 Å². The molecule has 5 heteroatoms. The second-order valence-electron chi connectivity index (χ2n) is 5.94. The number of aromatic nitrogens is 3. The summed E-state index contributed by atoms with van der Waals surface area (Å²) in [6, 6.07) is 15.0. The molecule has 2 aromatic heterocycles. The molecule has 124 valence electrons. The van der Waals surface area contributed by atoms with Crippen LogP contribution in [-0.2, 0) is 0 Å². The minimum atomic E-state index is -0.535. The third kappa shape index (κ3) is 2.79. The van der Waals surface area contributed by atoms with Crippen molar-refractivity contribution in [3.63, 3.8) is 0 Å². The highest BCUT2D eigenvalue weighted by atomic mass is 19.1. The Hall–Kier alpha value is -3.05. The molecule has 0 radical (unpaired) electrons. The van der Waals surface area contributed by atoms with Gasteiger partial charge < -0.3 is 5.11 Å². The molecular weight excluding hydrogens is 317 g/mol. The quantitative estimate of drug-likeness (QED) is 0.609. The number of nitrogens with zero attached hydrogens (tertiary/aromatic N) is 3. The van der Waals surface area contributed by atoms with Crippen molar-refractivity contribution in [2.45, 2.75) is 13.0 Å². The summed E-state index contributed by atoms with van der Waals surface area (Å²) in [6.07, 6.45) is 3.99. The van der Waals surface area contributed by atoms with E-state index in [-0.39, 0.29) is 5.82 Å². The Bertz CT molecular complexity index is 1060. The van der Waals surface area contributed by atoms with E-state index in [4.69, 9.17) is 0 Å². The third-order valence-electron chi connectivity index (χ3n) is 4.26. The first kappa shape index (κ1) is 15.5. The van der Waals surface area contributed by atoms with Gasteiger partial charge in [0.25, 0.3) is 0 Å². The molecule has 0 amide bonds. The Balaban J connectivity index is 1.82. The van der Waals surface area contributed by atoms with Gasteiger partial charge in [-0.3, -0.25) is 9.55 Å². The summed E-state index contributed by atoms with van der Waals surface area (Å²) in [4.78, 5) is 8.22. The van der Waals surface area contributed by atoms with Gasteiger partial charge in [-0.25, -0.2) is 9.37 Å². The molecule has 0 unspecified atom stereocenters. The van der Waals surface area contributed by atoms with Crippen LogP contribution in [0.15, 0.2) is 67.3 Å². The molecule has 0 saturated heterocycles. The van der Waals surface area contributed by atoms with Crippen LogP contribution >= 0.6 is 0 Å². The second kappa shape index (κ2) is 6.11. The Morgan fingerprint density at radius 2 is 2.00 bits per heavy atom. The summed E-state index contributed by atoms with van der Waals surface area (Å²) < 4.78 is 16.0. The number of hydrogen-bond donors (Lipinski definition) is 1. The van der Waals surface area contributed by atoms with Crippen LogP contribution in [-0.4, -0.2) is 19.6 Å². The Morgan fingerprint density at radius 3 is 2.80 bits per heavy atom. The summed E-state index contributed by atoms with van der Waals surface area (Å²) in [7, 11) is 0. The summed E-state index contributed by atoms with van der Waals surface area (Å²) in [5.41, 5.74) is 4.74. The summed E-state index contributed by atoms with van der Waals surface area (Å²) in [6.45, 7) is 1.73. The summed E-state index contributed by atoms with van der Waals surface area (Å²) in [5, 5.41) is 9.72. The molecule has 0 aliphatic rings. The van der Waals surface area contributed by atoms with E-state index in [9.17, 15) is 9.50 Å². The van der Waals surface area contributed by atoms with Crippen molar-refractivity contribution in [3.8, 4) is 16.8 Å². The van der Waals surface area contributed by atoms with Crippen LogP contribution in [0.25, 0.3) is 27.8 Å². The van der Waals surface area contributed by atoms with Gasteiger partial charge in [-0.2, -0.15) is 0 Å². The highest BCUT2D eigenvalue weighted by Gasteiger charge is 2.10. The lowest BCUT2D eigenvalue weighted by molar-refractivity contribution is 0.199. The highest BCUT2D eigenvalue weighted by Crippen LogP contribution is 2.27. The smallest absolute Gasteiger partial charge is 0.149 e. The molecule has 2 heterocycles. The van der Waals surface area contributed by atoms with Crippen LogP contribution in [0.4, 0.5) is 4.39 Å². The van der Waals surface area contributed by atoms with Crippen LogP contribution < -0.4 is 0 Å². The van der Waals surface area contributed by atoms with Gasteiger partial charge in [0.05, 0.1) is 23.3 Å². The van der Waals surface area contributed by atoms with Crippen molar-refractivity contribution >= 4 is 11.0 Å². The minimum absolute atomic E-state index is 0.350. The molecule has 1 N–H and O–H groups in total. The van der Waals surface area contributed by atoms with Gasteiger partial charge in [-0.15, -0.1) is 0 Å². The van der Waals surface area contributed by atoms with Crippen LogP contribution in [0.2, 0.25) is 0 Å². The lowest BCUT2D eigenvalue weighted by atomic mass is 10.1. The predicted molar refractivity (Wildman–Crippen MR) is 94.9 cm³/mol. The molecule has 4 nitrogen and oxygen atoms in total. The van der Waals surface area contributed by atoms with Crippen LogP contribution in [0, 0.1) is 5.82 Å². The van der Waals surface area contributed by atoms with Crippen molar-refractivity contribution in [1.82, 2.24) is 14.5 Å². The van der Waals surface area contributed by atoms with Gasteiger partial charge in [-0.05, 0) is 48.4 Å². The predicted octanol–water partition coefficient (Wildman–Crippen LogP) is 4.28. The first-order valence-electron chi connectivity index (χ1n) is 7.99. The maximum Gasteiger partial charge on any atom is 0.149 e. The molecule has 2 aromatic carbocycles. The molecule has 4 aromatic rings. The van der Waals surface area contributed by atoms with Gasteiger partial charge >= 0.3 is 0 Å². The lowest BCUT2D eigenvalue weighted by Gasteiger charge is -2.09. The van der Waals surface area contributed by atoms with Gasteiger partial charge in [0, 0.05) is 17.4 Å². The van der Waals surface area contributed by atoms with Crippen LogP contribution in [0.5, 0.6) is 0 Å². The van der Waals surface area contributed by atoms with Crippen molar-refractivity contribution in [1.29, 1.82) is 0 Å². The van der Waals surface area contributed by atoms with Crippen LogP contribution in [0.3, 0.4) is 0 Å². The fraction of sp³-hybridized carbons (Fsp3) is 0.100. The van der Waals surface area contributed by atoms with E-state index in [2.05, 4.69) is 9.97 Å². The molecule has 4 rings (SSSR count). The van der Waals surface area contributed by atoms with Crippen molar-refractivity contribution in [2.24, 2.45) is 0 Å². The third-order valence-corrected chi connectivity index (χ3v) is 4.26. The molecule has 0 aliphatic carbocycles. The van der Waals surface area contributed by atoms with Crippen molar-refractivity contribution in [2.75, 3.05) is 0 Å². The summed E-state index contributed by atoms with van der Waals surface area (Å²) >= 11 is 0. The van der Waals surface area contributed by atoms with E-state index >= 15 is 0 Å². The first-order valence-corrected chi connectivity index (χ1v) is 7.99. The Labute approximate surface area is 144 Å². The average molecular weight is 333 g/mol. The number of benzene rings is 2. The number of imidazole rings is 1. The van der Waals surface area contributed by atoms with Crippen molar-refractivity contribution in [3.05, 3.63) is 78.6 Å². The zero-order valence-electron chi connectivity index (χ0n) is 13.6. The van der Waals surface area contributed by atoms with Crippen LogP contribution in [0.1, 0.15) is 18.6 Å². The van der Waals surface area contributed by atoms with E-state index in [1.807, 2.05) is 47.0 Å². The number of hydrogen-bond acceptors (Lipinski definition) is 3. The minimum Gasteiger partial charge on any atom is -0.389 e. The Morgan fingerprint density at radius 1 is 1.12 bits per heavy atom. The van der Waals surface area contributed by atoms with E-state index in [0.717, 1.165) is 27.8 Å². The van der Waals surface area contributed by atoms with Gasteiger partial charge in [-0.1, -0.05) is 18.2 Å². The number of rotatable bonds is 3. The lowest BCUT2D eigenvalue weighted by Crippen LogP contribution is -1.94. The SMILES string of the molecule is C[C@@H](O)c1ccc2c(c1)ncn2-c1cccc(-c2ccncc2F)c1. The highest BCUT2D eigenvalue weighted by molar-refractivity contribution is 5.79. The normalized spacial score (nSPS) is 12.4. The van der Waals surface area contributed by atoms with Gasteiger partial charge in [0.2, 0.25) is 0 Å². The van der Waals surface area contributed by atoms with E-state index < -0.39 is 6.10 Å². The number of aliphatic hydroxyl groups is 1. The first-order chi connectivity index (χ1) is 12.1. The maximum atomic E-state index is 14.0. The van der Waals surface area contributed by atoms with Gasteiger partial charge in [0.15, 0.2) is 0 Å². The number of halogens is 1. The molecular formula is C20H16FN3O. The fourth-order valence-electron chi connectivity index (χ4n) is 2.93. The monoisotopic (exact) mass is 333 g/mol. The van der Waals surface area contributed by atoms with E-state index in [1.54, 1.807) is 25.5 Å². The number of fused-ring (bicyclic) bond motifs is 1. The van der Waals surface area contributed by atoms with E-state index in [0.29, 0.717) is 5.56 Å². The molecule has 1 atom stereocenters.